The number of nitrogens with one attached hydrogen (secondary N) is 1. The normalized spacial score (nSPS) is 17.3. The van der Waals surface area contributed by atoms with Crippen molar-refractivity contribution in [1.82, 2.24) is 5.32 Å². The van der Waals surface area contributed by atoms with Gasteiger partial charge in [0, 0.05) is 29.3 Å². The molecule has 0 aliphatic carbocycles. The van der Waals surface area contributed by atoms with E-state index in [9.17, 15) is 9.90 Å². The average molecular weight is 358 g/mol. The smallest absolute Gasteiger partial charge is 0.258 e. The molecule has 0 spiro atoms. The first-order chi connectivity index (χ1) is 10.1. The number of hydrogen-bond acceptors (Lipinski definition) is 4. The van der Waals surface area contributed by atoms with Crippen molar-refractivity contribution >= 4 is 21.8 Å². The Labute approximate surface area is 132 Å². The van der Waals surface area contributed by atoms with E-state index in [0.29, 0.717) is 24.5 Å². The Balaban J connectivity index is 1.89. The number of rotatable bonds is 5. The first-order valence-corrected chi connectivity index (χ1v) is 7.83. The predicted molar refractivity (Wildman–Crippen MR) is 82.3 cm³/mol. The van der Waals surface area contributed by atoms with Crippen LogP contribution in [-0.2, 0) is 9.53 Å². The molecule has 1 heterocycles. The average Bonchev–Trinajstić information content (AvgIpc) is 2.46. The maximum absolute atomic E-state index is 11.9. The largest absolute Gasteiger partial charge is 0.483 e. The minimum atomic E-state index is -0.647. The Hall–Kier alpha value is -1.11. The molecule has 0 aromatic heterocycles. The molecular weight excluding hydrogens is 338 g/mol. The van der Waals surface area contributed by atoms with Crippen molar-refractivity contribution in [1.29, 1.82) is 0 Å². The lowest BCUT2D eigenvalue weighted by molar-refractivity contribution is -0.124. The zero-order valence-corrected chi connectivity index (χ0v) is 13.6. The summed E-state index contributed by atoms with van der Waals surface area (Å²) in [7, 11) is 0. The van der Waals surface area contributed by atoms with Gasteiger partial charge in [-0.2, -0.15) is 0 Å². The van der Waals surface area contributed by atoms with Gasteiger partial charge in [0.05, 0.1) is 6.10 Å². The zero-order chi connectivity index (χ0) is 15.2. The van der Waals surface area contributed by atoms with Gasteiger partial charge in [-0.1, -0.05) is 22.0 Å². The molecule has 0 saturated carbocycles. The van der Waals surface area contributed by atoms with Crippen LogP contribution in [0.1, 0.15) is 31.4 Å². The number of benzene rings is 1. The van der Waals surface area contributed by atoms with Gasteiger partial charge in [0.15, 0.2) is 6.61 Å². The number of aliphatic hydroxyl groups excluding tert-OH is 1. The Morgan fingerprint density at radius 1 is 1.52 bits per heavy atom. The van der Waals surface area contributed by atoms with Crippen LogP contribution in [0, 0.1) is 0 Å². The summed E-state index contributed by atoms with van der Waals surface area (Å²) >= 11 is 3.36. The lowest BCUT2D eigenvalue weighted by atomic mass is 10.1. The van der Waals surface area contributed by atoms with Crippen LogP contribution in [0.25, 0.3) is 0 Å². The van der Waals surface area contributed by atoms with Crippen molar-refractivity contribution in [2.24, 2.45) is 0 Å². The molecule has 1 fully saturated rings. The van der Waals surface area contributed by atoms with Gasteiger partial charge in [0.1, 0.15) is 5.75 Å². The van der Waals surface area contributed by atoms with Gasteiger partial charge in [-0.25, -0.2) is 0 Å². The molecule has 21 heavy (non-hydrogen) atoms. The van der Waals surface area contributed by atoms with Gasteiger partial charge in [0.25, 0.3) is 5.91 Å². The minimum Gasteiger partial charge on any atom is -0.483 e. The standard InChI is InChI=1S/C15H20BrNO4/c1-10(18)13-3-2-11(16)8-14(13)21-9-15(19)17-12-4-6-20-7-5-12/h2-3,8,10,12,18H,4-7,9H2,1H3,(H,17,19)/t10-/m1/s1. The first-order valence-electron chi connectivity index (χ1n) is 7.03. The van der Waals surface area contributed by atoms with Crippen LogP contribution in [0.2, 0.25) is 0 Å². The van der Waals surface area contributed by atoms with Crippen molar-refractivity contribution in [2.75, 3.05) is 19.8 Å². The van der Waals surface area contributed by atoms with Crippen molar-refractivity contribution in [3.05, 3.63) is 28.2 Å². The van der Waals surface area contributed by atoms with Crippen LogP contribution in [-0.4, -0.2) is 36.9 Å². The van der Waals surface area contributed by atoms with Crippen molar-refractivity contribution < 1.29 is 19.4 Å². The number of ether oxygens (including phenoxy) is 2. The fourth-order valence-corrected chi connectivity index (χ4v) is 2.57. The lowest BCUT2D eigenvalue weighted by Crippen LogP contribution is -2.41. The number of amides is 1. The second-order valence-electron chi connectivity index (χ2n) is 5.10. The molecule has 2 N–H and O–H groups in total. The SMILES string of the molecule is C[C@@H](O)c1ccc(Br)cc1OCC(=O)NC1CCOCC1. The molecule has 1 aliphatic rings. The molecule has 1 aromatic rings. The second-order valence-corrected chi connectivity index (χ2v) is 6.02. The Morgan fingerprint density at radius 3 is 2.90 bits per heavy atom. The van der Waals surface area contributed by atoms with Gasteiger partial charge < -0.3 is 19.9 Å². The summed E-state index contributed by atoms with van der Waals surface area (Å²) in [6.07, 6.45) is 1.02. The Bertz CT molecular complexity index is 487. The summed E-state index contributed by atoms with van der Waals surface area (Å²) in [4.78, 5) is 11.9. The van der Waals surface area contributed by atoms with Gasteiger partial charge in [-0.05, 0) is 31.9 Å². The van der Waals surface area contributed by atoms with E-state index in [2.05, 4.69) is 21.2 Å². The molecule has 1 atom stereocenters. The quantitative estimate of drug-likeness (QED) is 0.847. The zero-order valence-electron chi connectivity index (χ0n) is 12.0. The van der Waals surface area contributed by atoms with E-state index in [-0.39, 0.29) is 18.6 Å². The van der Waals surface area contributed by atoms with E-state index in [1.54, 1.807) is 19.1 Å². The highest BCUT2D eigenvalue weighted by Gasteiger charge is 2.17. The van der Waals surface area contributed by atoms with E-state index in [0.717, 1.165) is 17.3 Å². The Kier molecular flexibility index (Phi) is 6.02. The number of carbonyl (C=O) groups excluding carboxylic acids is 1. The van der Waals surface area contributed by atoms with Gasteiger partial charge >= 0.3 is 0 Å². The molecule has 0 bridgehead atoms. The number of hydrogen-bond donors (Lipinski definition) is 2. The number of halogens is 1. The van der Waals surface area contributed by atoms with Crippen LogP contribution in [0.3, 0.4) is 0 Å². The molecule has 5 nitrogen and oxygen atoms in total. The molecule has 2 rings (SSSR count). The third-order valence-electron chi connectivity index (χ3n) is 3.37. The predicted octanol–water partition coefficient (Wildman–Crippen LogP) is 2.18. The molecule has 1 saturated heterocycles. The van der Waals surface area contributed by atoms with E-state index >= 15 is 0 Å². The summed E-state index contributed by atoms with van der Waals surface area (Å²) in [5.41, 5.74) is 0.664. The van der Waals surface area contributed by atoms with Gasteiger partial charge in [-0.3, -0.25) is 4.79 Å². The molecular formula is C15H20BrNO4. The third-order valence-corrected chi connectivity index (χ3v) is 3.86. The monoisotopic (exact) mass is 357 g/mol. The van der Waals surface area contributed by atoms with Crippen LogP contribution in [0.4, 0.5) is 0 Å². The first kappa shape index (κ1) is 16.3. The highest BCUT2D eigenvalue weighted by Crippen LogP contribution is 2.28. The fraction of sp³-hybridized carbons (Fsp3) is 0.533. The maximum Gasteiger partial charge on any atom is 0.258 e. The summed E-state index contributed by atoms with van der Waals surface area (Å²) in [5.74, 6) is 0.361. The van der Waals surface area contributed by atoms with Gasteiger partial charge in [0.2, 0.25) is 0 Å². The molecule has 116 valence electrons. The van der Waals surface area contributed by atoms with Gasteiger partial charge in [-0.15, -0.1) is 0 Å². The van der Waals surface area contributed by atoms with Crippen molar-refractivity contribution in [2.45, 2.75) is 31.9 Å². The lowest BCUT2D eigenvalue weighted by Gasteiger charge is -2.23. The van der Waals surface area contributed by atoms with Crippen LogP contribution in [0.15, 0.2) is 22.7 Å². The van der Waals surface area contributed by atoms with Crippen molar-refractivity contribution in [3.8, 4) is 5.75 Å². The molecule has 6 heteroatoms. The molecule has 1 amide bonds. The maximum atomic E-state index is 11.9. The van der Waals surface area contributed by atoms with E-state index < -0.39 is 6.10 Å². The molecule has 1 aliphatic heterocycles. The van der Waals surface area contributed by atoms with E-state index in [4.69, 9.17) is 9.47 Å². The summed E-state index contributed by atoms with van der Waals surface area (Å²) in [5, 5.41) is 12.6. The van der Waals surface area contributed by atoms with Crippen LogP contribution in [0.5, 0.6) is 5.75 Å². The van der Waals surface area contributed by atoms with E-state index in [1.807, 2.05) is 6.07 Å². The summed E-state index contributed by atoms with van der Waals surface area (Å²) in [6.45, 7) is 2.97. The highest BCUT2D eigenvalue weighted by molar-refractivity contribution is 9.10. The summed E-state index contributed by atoms with van der Waals surface area (Å²) < 4.78 is 11.6. The van der Waals surface area contributed by atoms with Crippen LogP contribution < -0.4 is 10.1 Å². The fourth-order valence-electron chi connectivity index (χ4n) is 2.23. The minimum absolute atomic E-state index is 0.0620. The van der Waals surface area contributed by atoms with Crippen molar-refractivity contribution in [3.63, 3.8) is 0 Å². The summed E-state index contributed by atoms with van der Waals surface area (Å²) in [6, 6.07) is 5.52. The number of carbonyl (C=O) groups is 1. The molecule has 1 aromatic carbocycles. The molecule has 0 unspecified atom stereocenters. The Morgan fingerprint density at radius 2 is 2.24 bits per heavy atom. The highest BCUT2D eigenvalue weighted by atomic mass is 79.9. The van der Waals surface area contributed by atoms with E-state index in [1.165, 1.54) is 0 Å². The topological polar surface area (TPSA) is 67.8 Å². The second kappa shape index (κ2) is 7.77. The number of aliphatic hydroxyl groups is 1. The molecule has 0 radical (unpaired) electrons. The van der Waals surface area contributed by atoms with Crippen LogP contribution >= 0.6 is 15.9 Å². The third kappa shape index (κ3) is 4.98.